The summed E-state index contributed by atoms with van der Waals surface area (Å²) in [5.41, 5.74) is 4.34. The van der Waals surface area contributed by atoms with Gasteiger partial charge in [-0.1, -0.05) is 36.4 Å². The van der Waals surface area contributed by atoms with Crippen molar-refractivity contribution in [1.29, 1.82) is 0 Å². The molecule has 4 N–H and O–H groups in total. The first-order valence-corrected chi connectivity index (χ1v) is 5.72. The van der Waals surface area contributed by atoms with Crippen molar-refractivity contribution in [2.45, 2.75) is 13.2 Å². The van der Waals surface area contributed by atoms with Gasteiger partial charge in [0.2, 0.25) is 0 Å². The largest absolute Gasteiger partial charge is 0.508 e. The number of hydrazine groups is 1. The first-order chi connectivity index (χ1) is 8.81. The highest BCUT2D eigenvalue weighted by Gasteiger charge is 2.04. The van der Waals surface area contributed by atoms with E-state index in [-0.39, 0.29) is 5.75 Å². The molecule has 2 aromatic rings. The maximum absolute atomic E-state index is 9.65. The van der Waals surface area contributed by atoms with Crippen LogP contribution < -0.4 is 16.0 Å². The van der Waals surface area contributed by atoms with Gasteiger partial charge in [0.1, 0.15) is 18.1 Å². The molecule has 2 rings (SSSR count). The average Bonchev–Trinajstić information content (AvgIpc) is 2.40. The van der Waals surface area contributed by atoms with Crippen molar-refractivity contribution in [3.8, 4) is 11.5 Å². The minimum atomic E-state index is 0.243. The van der Waals surface area contributed by atoms with E-state index in [0.717, 1.165) is 16.9 Å². The number of aromatic hydroxyl groups is 1. The summed E-state index contributed by atoms with van der Waals surface area (Å²) in [4.78, 5) is 0. The number of phenols is 1. The van der Waals surface area contributed by atoms with Gasteiger partial charge in [-0.15, -0.1) is 0 Å². The molecule has 0 bridgehead atoms. The Kier molecular flexibility index (Phi) is 4.17. The highest BCUT2D eigenvalue weighted by Crippen LogP contribution is 2.22. The van der Waals surface area contributed by atoms with E-state index in [1.807, 2.05) is 36.4 Å². The van der Waals surface area contributed by atoms with Gasteiger partial charge in [0, 0.05) is 17.7 Å². The van der Waals surface area contributed by atoms with Gasteiger partial charge < -0.3 is 9.84 Å². The summed E-state index contributed by atoms with van der Waals surface area (Å²) in [6.07, 6.45) is 0. The molecule has 18 heavy (non-hydrogen) atoms. The highest BCUT2D eigenvalue weighted by atomic mass is 16.5. The Bertz CT molecular complexity index is 515. The van der Waals surface area contributed by atoms with Crippen LogP contribution in [0, 0.1) is 0 Å². The van der Waals surface area contributed by atoms with Crippen LogP contribution in [0.15, 0.2) is 48.5 Å². The number of rotatable bonds is 5. The second-order valence-electron chi connectivity index (χ2n) is 3.91. The van der Waals surface area contributed by atoms with Crippen molar-refractivity contribution in [3.05, 3.63) is 59.7 Å². The minimum Gasteiger partial charge on any atom is -0.508 e. The van der Waals surface area contributed by atoms with E-state index in [2.05, 4.69) is 5.43 Å². The number of benzene rings is 2. The molecule has 0 unspecified atom stereocenters. The summed E-state index contributed by atoms with van der Waals surface area (Å²) in [6, 6.07) is 14.8. The zero-order valence-corrected chi connectivity index (χ0v) is 9.97. The first kappa shape index (κ1) is 12.4. The Labute approximate surface area is 106 Å². The highest BCUT2D eigenvalue weighted by molar-refractivity contribution is 5.35. The molecular formula is C14H16N2O2. The summed E-state index contributed by atoms with van der Waals surface area (Å²) >= 11 is 0. The van der Waals surface area contributed by atoms with Gasteiger partial charge in [0.15, 0.2) is 0 Å². The van der Waals surface area contributed by atoms with Gasteiger partial charge in [-0.3, -0.25) is 11.3 Å². The van der Waals surface area contributed by atoms with Gasteiger partial charge >= 0.3 is 0 Å². The summed E-state index contributed by atoms with van der Waals surface area (Å²) < 4.78 is 5.70. The molecule has 0 saturated carbocycles. The van der Waals surface area contributed by atoms with Gasteiger partial charge in [-0.25, -0.2) is 0 Å². The second-order valence-corrected chi connectivity index (χ2v) is 3.91. The van der Waals surface area contributed by atoms with Crippen LogP contribution in [0.25, 0.3) is 0 Å². The lowest BCUT2D eigenvalue weighted by Gasteiger charge is -2.11. The normalized spacial score (nSPS) is 10.3. The zero-order valence-electron chi connectivity index (χ0n) is 9.97. The fourth-order valence-electron chi connectivity index (χ4n) is 1.69. The third-order valence-corrected chi connectivity index (χ3v) is 2.64. The fourth-order valence-corrected chi connectivity index (χ4v) is 1.69. The minimum absolute atomic E-state index is 0.243. The summed E-state index contributed by atoms with van der Waals surface area (Å²) in [5, 5.41) is 9.65. The van der Waals surface area contributed by atoms with Crippen LogP contribution in [-0.2, 0) is 13.2 Å². The zero-order chi connectivity index (χ0) is 12.8. The predicted octanol–water partition coefficient (Wildman–Crippen LogP) is 1.93. The Balaban J connectivity index is 2.08. The number of para-hydroxylation sites is 2. The molecule has 0 aliphatic heterocycles. The molecule has 0 heterocycles. The number of hydrogen-bond acceptors (Lipinski definition) is 4. The lowest BCUT2D eigenvalue weighted by Crippen LogP contribution is -2.21. The number of nitrogens with two attached hydrogens (primary N) is 1. The van der Waals surface area contributed by atoms with Crippen molar-refractivity contribution in [1.82, 2.24) is 5.43 Å². The molecular weight excluding hydrogens is 228 g/mol. The monoisotopic (exact) mass is 244 g/mol. The lowest BCUT2D eigenvalue weighted by atomic mass is 10.2. The molecule has 94 valence electrons. The fraction of sp³-hybridized carbons (Fsp3) is 0.143. The van der Waals surface area contributed by atoms with Gasteiger partial charge in [-0.2, -0.15) is 0 Å². The quantitative estimate of drug-likeness (QED) is 0.555. The maximum Gasteiger partial charge on any atom is 0.124 e. The predicted molar refractivity (Wildman–Crippen MR) is 69.9 cm³/mol. The number of ether oxygens (including phenoxy) is 1. The van der Waals surface area contributed by atoms with E-state index >= 15 is 0 Å². The van der Waals surface area contributed by atoms with Gasteiger partial charge in [0.25, 0.3) is 0 Å². The van der Waals surface area contributed by atoms with Crippen LogP contribution in [0.2, 0.25) is 0 Å². The molecule has 0 aromatic heterocycles. The maximum atomic E-state index is 9.65. The first-order valence-electron chi connectivity index (χ1n) is 5.72. The molecule has 0 radical (unpaired) electrons. The van der Waals surface area contributed by atoms with E-state index in [1.54, 1.807) is 12.1 Å². The van der Waals surface area contributed by atoms with E-state index in [0.29, 0.717) is 13.2 Å². The van der Waals surface area contributed by atoms with E-state index < -0.39 is 0 Å². The van der Waals surface area contributed by atoms with Gasteiger partial charge in [0.05, 0.1) is 0 Å². The van der Waals surface area contributed by atoms with E-state index in [1.165, 1.54) is 0 Å². The van der Waals surface area contributed by atoms with Crippen molar-refractivity contribution < 1.29 is 9.84 Å². The van der Waals surface area contributed by atoms with Crippen LogP contribution in [0.3, 0.4) is 0 Å². The average molecular weight is 244 g/mol. The van der Waals surface area contributed by atoms with Crippen molar-refractivity contribution in [2.24, 2.45) is 5.84 Å². The third-order valence-electron chi connectivity index (χ3n) is 2.64. The van der Waals surface area contributed by atoms with Crippen LogP contribution in [0.5, 0.6) is 11.5 Å². The molecule has 0 saturated heterocycles. The SMILES string of the molecule is NNCc1ccccc1OCc1ccccc1O. The Hall–Kier alpha value is -2.04. The van der Waals surface area contributed by atoms with Gasteiger partial charge in [-0.05, 0) is 12.1 Å². The molecule has 0 fully saturated rings. The Morgan fingerprint density at radius 3 is 2.39 bits per heavy atom. The van der Waals surface area contributed by atoms with Crippen LogP contribution in [-0.4, -0.2) is 5.11 Å². The van der Waals surface area contributed by atoms with Crippen LogP contribution in [0.1, 0.15) is 11.1 Å². The summed E-state index contributed by atoms with van der Waals surface area (Å²) in [7, 11) is 0. The van der Waals surface area contributed by atoms with E-state index in [4.69, 9.17) is 10.6 Å². The molecule has 0 amide bonds. The second kappa shape index (κ2) is 6.05. The molecule has 4 heteroatoms. The van der Waals surface area contributed by atoms with Crippen LogP contribution >= 0.6 is 0 Å². The number of nitrogens with one attached hydrogen (secondary N) is 1. The van der Waals surface area contributed by atoms with Crippen molar-refractivity contribution >= 4 is 0 Å². The van der Waals surface area contributed by atoms with Crippen molar-refractivity contribution in [2.75, 3.05) is 0 Å². The smallest absolute Gasteiger partial charge is 0.124 e. The summed E-state index contributed by atoms with van der Waals surface area (Å²) in [6.45, 7) is 0.866. The molecule has 0 spiro atoms. The molecule has 0 atom stereocenters. The molecule has 0 aliphatic rings. The molecule has 2 aromatic carbocycles. The third kappa shape index (κ3) is 3.00. The van der Waals surface area contributed by atoms with Crippen molar-refractivity contribution in [3.63, 3.8) is 0 Å². The number of hydrogen-bond donors (Lipinski definition) is 3. The molecule has 0 aliphatic carbocycles. The summed E-state index contributed by atoms with van der Waals surface area (Å²) in [5.74, 6) is 6.32. The standard InChI is InChI=1S/C14H16N2O2/c15-16-9-11-5-2-4-8-14(11)18-10-12-6-1-3-7-13(12)17/h1-8,16-17H,9-10,15H2. The molecule has 4 nitrogen and oxygen atoms in total. The Morgan fingerprint density at radius 2 is 1.67 bits per heavy atom. The van der Waals surface area contributed by atoms with E-state index in [9.17, 15) is 5.11 Å². The number of phenolic OH excluding ortho intramolecular Hbond substituents is 1. The lowest BCUT2D eigenvalue weighted by molar-refractivity contribution is 0.295. The van der Waals surface area contributed by atoms with Crippen LogP contribution in [0.4, 0.5) is 0 Å². The topological polar surface area (TPSA) is 67.5 Å². The Morgan fingerprint density at radius 1 is 1.00 bits per heavy atom.